The number of aliphatic imine (C=N–C) groups is 1. The van der Waals surface area contributed by atoms with Crippen LogP contribution in [0.3, 0.4) is 0 Å². The quantitative estimate of drug-likeness (QED) is 0.247. The van der Waals surface area contributed by atoms with Gasteiger partial charge >= 0.3 is 0 Å². The Morgan fingerprint density at radius 1 is 0.697 bits per heavy atom. The molecule has 0 saturated carbocycles. The Morgan fingerprint density at radius 2 is 1.30 bits per heavy atom. The Hall–Kier alpha value is -3.89. The minimum atomic E-state index is 0.228. The first-order chi connectivity index (χ1) is 16.2. The molecule has 0 aliphatic heterocycles. The highest BCUT2D eigenvalue weighted by atomic mass is 79.9. The van der Waals surface area contributed by atoms with Crippen molar-refractivity contribution >= 4 is 27.8 Å². The molecule has 1 heterocycles. The average Bonchev–Trinajstić information content (AvgIpc) is 3.25. The van der Waals surface area contributed by atoms with E-state index < -0.39 is 0 Å². The van der Waals surface area contributed by atoms with Crippen LogP contribution in [0.5, 0.6) is 5.75 Å². The van der Waals surface area contributed by atoms with E-state index in [1.165, 1.54) is 0 Å². The van der Waals surface area contributed by atoms with Crippen LogP contribution < -0.4 is 0 Å². The van der Waals surface area contributed by atoms with Gasteiger partial charge in [0.25, 0.3) is 0 Å². The van der Waals surface area contributed by atoms with Crippen molar-refractivity contribution in [2.24, 2.45) is 4.99 Å². The topological polar surface area (TPSA) is 37.5 Å². The molecule has 0 unspecified atom stereocenters. The van der Waals surface area contributed by atoms with Gasteiger partial charge in [-0.25, -0.2) is 0 Å². The molecule has 0 spiro atoms. The summed E-state index contributed by atoms with van der Waals surface area (Å²) in [6.45, 7) is 0. The molecule has 4 aromatic carbocycles. The van der Waals surface area contributed by atoms with Gasteiger partial charge in [-0.2, -0.15) is 0 Å². The largest absolute Gasteiger partial charge is 0.508 e. The summed E-state index contributed by atoms with van der Waals surface area (Å²) in [5.74, 6) is 0.228. The van der Waals surface area contributed by atoms with Crippen LogP contribution >= 0.6 is 15.9 Å². The number of halogens is 1. The van der Waals surface area contributed by atoms with E-state index in [2.05, 4.69) is 99.4 Å². The standard InChI is InChI=1S/C29H21BrN2O/c30-24-11-15-26(16-12-24)32-28(21-7-3-1-4-8-21)19-23(29(32)22-9-5-2-6-10-22)20-31-25-13-17-27(33)18-14-25/h1-20,33H. The van der Waals surface area contributed by atoms with Crippen LogP contribution in [0.25, 0.3) is 28.2 Å². The van der Waals surface area contributed by atoms with Crippen molar-refractivity contribution in [3.8, 4) is 34.0 Å². The summed E-state index contributed by atoms with van der Waals surface area (Å²) in [6.07, 6.45) is 1.90. The highest BCUT2D eigenvalue weighted by Crippen LogP contribution is 2.36. The summed E-state index contributed by atoms with van der Waals surface area (Å²) < 4.78 is 3.32. The van der Waals surface area contributed by atoms with Gasteiger partial charge < -0.3 is 9.67 Å². The monoisotopic (exact) mass is 492 g/mol. The van der Waals surface area contributed by atoms with Gasteiger partial charge in [0, 0.05) is 21.9 Å². The zero-order valence-corrected chi connectivity index (χ0v) is 19.4. The summed E-state index contributed by atoms with van der Waals surface area (Å²) >= 11 is 3.56. The molecule has 0 fully saturated rings. The number of phenols is 1. The summed E-state index contributed by atoms with van der Waals surface area (Å²) in [5, 5.41) is 9.59. The molecule has 0 aliphatic carbocycles. The van der Waals surface area contributed by atoms with E-state index in [1.54, 1.807) is 24.3 Å². The predicted molar refractivity (Wildman–Crippen MR) is 140 cm³/mol. The molecular weight excluding hydrogens is 472 g/mol. The van der Waals surface area contributed by atoms with Gasteiger partial charge in [0.05, 0.1) is 17.1 Å². The number of phenolic OH excluding ortho intramolecular Hbond substituents is 1. The van der Waals surface area contributed by atoms with Gasteiger partial charge in [0.2, 0.25) is 0 Å². The third kappa shape index (κ3) is 4.52. The van der Waals surface area contributed by atoms with Gasteiger partial charge in [0.1, 0.15) is 5.75 Å². The lowest BCUT2D eigenvalue weighted by Crippen LogP contribution is -2.00. The number of nitrogens with zero attached hydrogens (tertiary/aromatic N) is 2. The van der Waals surface area contributed by atoms with Crippen LogP contribution in [-0.2, 0) is 0 Å². The highest BCUT2D eigenvalue weighted by molar-refractivity contribution is 9.10. The van der Waals surface area contributed by atoms with E-state index in [1.807, 2.05) is 18.3 Å². The predicted octanol–water partition coefficient (Wildman–Crippen LogP) is 8.03. The van der Waals surface area contributed by atoms with Gasteiger partial charge in [-0.15, -0.1) is 0 Å². The number of aromatic nitrogens is 1. The van der Waals surface area contributed by atoms with Gasteiger partial charge in [0.15, 0.2) is 0 Å². The fourth-order valence-corrected chi connectivity index (χ4v) is 4.15. The van der Waals surface area contributed by atoms with Crippen LogP contribution in [0.1, 0.15) is 5.56 Å². The van der Waals surface area contributed by atoms with E-state index in [9.17, 15) is 5.11 Å². The molecule has 0 atom stereocenters. The Bertz CT molecular complexity index is 1390. The van der Waals surface area contributed by atoms with Crippen molar-refractivity contribution in [1.82, 2.24) is 4.57 Å². The average molecular weight is 493 g/mol. The van der Waals surface area contributed by atoms with Crippen LogP contribution in [0, 0.1) is 0 Å². The summed E-state index contributed by atoms with van der Waals surface area (Å²) in [5.41, 5.74) is 7.25. The van der Waals surface area contributed by atoms with Crippen LogP contribution in [0.2, 0.25) is 0 Å². The molecule has 0 amide bonds. The number of hydrogen-bond acceptors (Lipinski definition) is 2. The first kappa shape index (κ1) is 21.0. The third-order valence-corrected chi connectivity index (χ3v) is 5.96. The molecule has 33 heavy (non-hydrogen) atoms. The van der Waals surface area contributed by atoms with Gasteiger partial charge in [-0.3, -0.25) is 4.99 Å². The Labute approximate surface area is 201 Å². The lowest BCUT2D eigenvalue weighted by molar-refractivity contribution is 0.475. The maximum atomic E-state index is 9.59. The minimum absolute atomic E-state index is 0.228. The van der Waals surface area contributed by atoms with Crippen LogP contribution in [0.15, 0.2) is 125 Å². The molecular formula is C29H21BrN2O. The zero-order valence-electron chi connectivity index (χ0n) is 17.8. The van der Waals surface area contributed by atoms with Crippen molar-refractivity contribution in [2.75, 3.05) is 0 Å². The lowest BCUT2D eigenvalue weighted by atomic mass is 10.1. The Morgan fingerprint density at radius 3 is 1.94 bits per heavy atom. The molecule has 1 N–H and O–H groups in total. The maximum absolute atomic E-state index is 9.59. The molecule has 0 bridgehead atoms. The molecule has 5 rings (SSSR count). The van der Waals surface area contributed by atoms with Crippen LogP contribution in [0.4, 0.5) is 5.69 Å². The lowest BCUT2D eigenvalue weighted by Gasteiger charge is -2.15. The second-order valence-electron chi connectivity index (χ2n) is 7.65. The van der Waals surface area contributed by atoms with E-state index in [-0.39, 0.29) is 5.75 Å². The molecule has 0 aliphatic rings. The van der Waals surface area contributed by atoms with Crippen LogP contribution in [-0.4, -0.2) is 15.9 Å². The molecule has 3 nitrogen and oxygen atoms in total. The fraction of sp³-hybridized carbons (Fsp3) is 0. The van der Waals surface area contributed by atoms with Crippen molar-refractivity contribution in [3.05, 3.63) is 125 Å². The van der Waals surface area contributed by atoms with E-state index in [4.69, 9.17) is 4.99 Å². The summed E-state index contributed by atoms with van der Waals surface area (Å²) in [4.78, 5) is 4.70. The normalized spacial score (nSPS) is 11.2. The number of benzene rings is 4. The van der Waals surface area contributed by atoms with Crippen molar-refractivity contribution < 1.29 is 5.11 Å². The highest BCUT2D eigenvalue weighted by Gasteiger charge is 2.18. The molecule has 0 saturated heterocycles. The van der Waals surface area contributed by atoms with Crippen molar-refractivity contribution in [2.45, 2.75) is 0 Å². The molecule has 4 heteroatoms. The SMILES string of the molecule is Oc1ccc(N=Cc2cc(-c3ccccc3)n(-c3ccc(Br)cc3)c2-c2ccccc2)cc1. The zero-order chi connectivity index (χ0) is 22.6. The number of rotatable bonds is 5. The molecule has 0 radical (unpaired) electrons. The van der Waals surface area contributed by atoms with Gasteiger partial charge in [-0.05, 0) is 65.7 Å². The minimum Gasteiger partial charge on any atom is -0.508 e. The fourth-order valence-electron chi connectivity index (χ4n) is 3.88. The maximum Gasteiger partial charge on any atom is 0.115 e. The first-order valence-electron chi connectivity index (χ1n) is 10.6. The molecule has 5 aromatic rings. The smallest absolute Gasteiger partial charge is 0.115 e. The van der Waals surface area contributed by atoms with Crippen molar-refractivity contribution in [3.63, 3.8) is 0 Å². The number of hydrogen-bond donors (Lipinski definition) is 1. The summed E-state index contributed by atoms with van der Waals surface area (Å²) in [7, 11) is 0. The first-order valence-corrected chi connectivity index (χ1v) is 11.4. The number of aromatic hydroxyl groups is 1. The van der Waals surface area contributed by atoms with E-state index in [0.717, 1.165) is 43.9 Å². The third-order valence-electron chi connectivity index (χ3n) is 5.43. The summed E-state index contributed by atoms with van der Waals surface area (Å²) in [6, 6.07) is 38.2. The van der Waals surface area contributed by atoms with Gasteiger partial charge in [-0.1, -0.05) is 76.6 Å². The Kier molecular flexibility index (Phi) is 5.92. The van der Waals surface area contributed by atoms with E-state index >= 15 is 0 Å². The van der Waals surface area contributed by atoms with E-state index in [0.29, 0.717) is 0 Å². The van der Waals surface area contributed by atoms with Crippen molar-refractivity contribution in [1.29, 1.82) is 0 Å². The molecule has 160 valence electrons. The molecule has 1 aromatic heterocycles. The Balaban J connectivity index is 1.76. The second-order valence-corrected chi connectivity index (χ2v) is 8.57. The second kappa shape index (κ2) is 9.31.